The number of likely N-dealkylation sites (N-methyl/N-ethyl adjacent to an activating group) is 1. The zero-order valence-electron chi connectivity index (χ0n) is 17.6. The van der Waals surface area contributed by atoms with E-state index in [1.54, 1.807) is 6.07 Å². The molecule has 2 aromatic carbocycles. The van der Waals surface area contributed by atoms with E-state index in [4.69, 9.17) is 4.84 Å². The quantitative estimate of drug-likeness (QED) is 0.255. The Morgan fingerprint density at radius 2 is 1.88 bits per heavy atom. The largest absolute Gasteiger partial charge is 0.394 e. The minimum atomic E-state index is -0.459. The number of oxime groups is 1. The topological polar surface area (TPSA) is 109 Å². The molecule has 32 heavy (non-hydrogen) atoms. The summed E-state index contributed by atoms with van der Waals surface area (Å²) in [5.41, 5.74) is 3.72. The highest BCUT2D eigenvalue weighted by molar-refractivity contribution is 9.10. The molecule has 4 rings (SSSR count). The molecule has 2 aliphatic heterocycles. The first-order chi connectivity index (χ1) is 15.4. The molecule has 2 aliphatic rings. The summed E-state index contributed by atoms with van der Waals surface area (Å²) in [7, 11) is 0. The fourth-order valence-electron chi connectivity index (χ4n) is 3.77. The van der Waals surface area contributed by atoms with Crippen molar-refractivity contribution in [2.75, 3.05) is 36.9 Å². The molecule has 2 N–H and O–H groups in total. The molecule has 166 valence electrons. The zero-order chi connectivity index (χ0) is 22.8. The molecule has 0 saturated carbocycles. The summed E-state index contributed by atoms with van der Waals surface area (Å²) < 4.78 is 0.842. The number of nitro benzene ring substituents is 1. The van der Waals surface area contributed by atoms with Crippen molar-refractivity contribution in [2.45, 2.75) is 13.8 Å². The molecular formula is C22H22BrN5O4. The smallest absolute Gasteiger partial charge is 0.270 e. The lowest BCUT2D eigenvalue weighted by Gasteiger charge is -2.16. The van der Waals surface area contributed by atoms with E-state index >= 15 is 0 Å². The van der Waals surface area contributed by atoms with Crippen LogP contribution in [0, 0.1) is 10.1 Å². The first kappa shape index (κ1) is 22.0. The van der Waals surface area contributed by atoms with Crippen LogP contribution in [-0.4, -0.2) is 47.7 Å². The number of non-ortho nitro benzene ring substituents is 1. The summed E-state index contributed by atoms with van der Waals surface area (Å²) in [4.78, 5) is 31.5. The van der Waals surface area contributed by atoms with Gasteiger partial charge in [-0.25, -0.2) is 0 Å². The second-order valence-electron chi connectivity index (χ2n) is 7.31. The van der Waals surface area contributed by atoms with Crippen LogP contribution in [0.5, 0.6) is 0 Å². The number of hydrogen-bond acceptors (Lipinski definition) is 7. The van der Waals surface area contributed by atoms with Gasteiger partial charge in [0.05, 0.1) is 21.9 Å². The van der Waals surface area contributed by atoms with E-state index < -0.39 is 4.92 Å². The number of amides is 1. The minimum absolute atomic E-state index is 0.0622. The second kappa shape index (κ2) is 9.09. The van der Waals surface area contributed by atoms with Crippen LogP contribution in [0.3, 0.4) is 0 Å². The van der Waals surface area contributed by atoms with E-state index in [1.165, 1.54) is 12.1 Å². The average molecular weight is 500 g/mol. The monoisotopic (exact) mass is 499 g/mol. The van der Waals surface area contributed by atoms with Gasteiger partial charge in [-0.05, 0) is 31.3 Å². The van der Waals surface area contributed by atoms with Gasteiger partial charge >= 0.3 is 0 Å². The Bertz CT molecular complexity index is 1160. The molecule has 0 atom stereocenters. The van der Waals surface area contributed by atoms with Crippen molar-refractivity contribution in [3.8, 4) is 0 Å². The van der Waals surface area contributed by atoms with Crippen molar-refractivity contribution in [2.24, 2.45) is 5.16 Å². The lowest BCUT2D eigenvalue weighted by molar-refractivity contribution is -0.384. The van der Waals surface area contributed by atoms with Gasteiger partial charge < -0.3 is 20.4 Å². The van der Waals surface area contributed by atoms with Gasteiger partial charge in [0.2, 0.25) is 0 Å². The van der Waals surface area contributed by atoms with Crippen molar-refractivity contribution in [3.63, 3.8) is 0 Å². The average Bonchev–Trinajstić information content (AvgIpc) is 3.28. The van der Waals surface area contributed by atoms with Gasteiger partial charge in [0, 0.05) is 40.0 Å². The summed E-state index contributed by atoms with van der Waals surface area (Å²) in [5, 5.41) is 21.7. The summed E-state index contributed by atoms with van der Waals surface area (Å²) in [6, 6.07) is 9.98. The predicted molar refractivity (Wildman–Crippen MR) is 127 cm³/mol. The summed E-state index contributed by atoms with van der Waals surface area (Å²) >= 11 is 3.42. The molecule has 0 saturated heterocycles. The first-order valence-corrected chi connectivity index (χ1v) is 11.1. The number of allylic oxidation sites excluding steroid dienone is 1. The first-order valence-electron chi connectivity index (χ1n) is 10.3. The Morgan fingerprint density at radius 1 is 1.09 bits per heavy atom. The highest BCUT2D eigenvalue weighted by atomic mass is 79.9. The molecule has 0 fully saturated rings. The zero-order valence-corrected chi connectivity index (χ0v) is 19.2. The van der Waals surface area contributed by atoms with E-state index in [2.05, 4.69) is 50.5 Å². The van der Waals surface area contributed by atoms with Crippen molar-refractivity contribution in [1.29, 1.82) is 0 Å². The Morgan fingerprint density at radius 3 is 2.59 bits per heavy atom. The molecule has 2 aromatic rings. The van der Waals surface area contributed by atoms with Crippen LogP contribution in [0.4, 0.5) is 17.1 Å². The van der Waals surface area contributed by atoms with Crippen molar-refractivity contribution in [1.82, 2.24) is 4.90 Å². The van der Waals surface area contributed by atoms with Crippen molar-refractivity contribution in [3.05, 3.63) is 67.8 Å². The van der Waals surface area contributed by atoms with Crippen LogP contribution < -0.4 is 10.6 Å². The summed E-state index contributed by atoms with van der Waals surface area (Å²) in [6.07, 6.45) is 0. The second-order valence-corrected chi connectivity index (χ2v) is 8.22. The van der Waals surface area contributed by atoms with Crippen LogP contribution in [0.25, 0.3) is 5.57 Å². The van der Waals surface area contributed by atoms with Gasteiger partial charge in [-0.2, -0.15) is 0 Å². The predicted octanol–water partition coefficient (Wildman–Crippen LogP) is 4.21. The number of nitro groups is 1. The van der Waals surface area contributed by atoms with Crippen molar-refractivity contribution >= 4 is 50.2 Å². The number of halogens is 1. The number of nitrogens with zero attached hydrogens (tertiary/aromatic N) is 3. The number of nitrogens with one attached hydrogen (secondary N) is 2. The molecule has 0 aliphatic carbocycles. The van der Waals surface area contributed by atoms with Gasteiger partial charge in [-0.1, -0.05) is 41.0 Å². The number of anilines is 2. The lowest BCUT2D eigenvalue weighted by atomic mass is 10.0. The maximum atomic E-state index is 12.9. The van der Waals surface area contributed by atoms with E-state index in [1.807, 2.05) is 18.2 Å². The van der Waals surface area contributed by atoms with Crippen LogP contribution in [-0.2, 0) is 9.63 Å². The minimum Gasteiger partial charge on any atom is -0.394 e. The maximum Gasteiger partial charge on any atom is 0.270 e. The highest BCUT2D eigenvalue weighted by Gasteiger charge is 2.35. The van der Waals surface area contributed by atoms with Crippen LogP contribution in [0.2, 0.25) is 0 Å². The number of benzene rings is 2. The molecule has 0 spiro atoms. The summed E-state index contributed by atoms with van der Waals surface area (Å²) in [6.45, 7) is 6.99. The van der Waals surface area contributed by atoms with E-state index in [9.17, 15) is 14.9 Å². The Balaban J connectivity index is 1.76. The Kier molecular flexibility index (Phi) is 6.24. The van der Waals surface area contributed by atoms with Gasteiger partial charge in [0.15, 0.2) is 0 Å². The third-order valence-electron chi connectivity index (χ3n) is 5.49. The van der Waals surface area contributed by atoms with Crippen molar-refractivity contribution < 1.29 is 14.6 Å². The standard InChI is InChI=1S/C22H22BrN5O4/c1-3-27(4-2)9-10-32-26-20-16-12-14(28(30)31)6-8-17(16)24-21(20)19-15-7-5-13(23)11-18(15)25-22(19)29/h5-8,11-12,24H,3-4,9-10H2,1-2H3,(H,25,29)/b21-19-,26-20+. The van der Waals surface area contributed by atoms with Crippen LogP contribution in [0.1, 0.15) is 25.0 Å². The molecule has 1 amide bonds. The third kappa shape index (κ3) is 4.11. The van der Waals surface area contributed by atoms with E-state index in [0.29, 0.717) is 47.1 Å². The highest BCUT2D eigenvalue weighted by Crippen LogP contribution is 2.40. The molecule has 0 aromatic heterocycles. The number of fused-ring (bicyclic) bond motifs is 2. The van der Waals surface area contributed by atoms with Gasteiger partial charge in [-0.15, -0.1) is 0 Å². The molecule has 0 bridgehead atoms. The van der Waals surface area contributed by atoms with Gasteiger partial charge in [-0.3, -0.25) is 14.9 Å². The molecular weight excluding hydrogens is 478 g/mol. The fourth-order valence-corrected chi connectivity index (χ4v) is 4.13. The molecule has 9 nitrogen and oxygen atoms in total. The molecule has 0 unspecified atom stereocenters. The van der Waals surface area contributed by atoms with E-state index in [0.717, 1.165) is 23.1 Å². The molecule has 2 heterocycles. The van der Waals surface area contributed by atoms with E-state index in [-0.39, 0.29) is 11.6 Å². The van der Waals surface area contributed by atoms with Crippen LogP contribution >= 0.6 is 15.9 Å². The Labute approximate surface area is 193 Å². The van der Waals surface area contributed by atoms with Gasteiger partial charge in [0.25, 0.3) is 11.6 Å². The number of hydrogen-bond donors (Lipinski definition) is 2. The third-order valence-corrected chi connectivity index (χ3v) is 5.98. The van der Waals surface area contributed by atoms with Gasteiger partial charge in [0.1, 0.15) is 12.3 Å². The lowest BCUT2D eigenvalue weighted by Crippen LogP contribution is -2.26. The number of carbonyl (C=O) groups is 1. The SMILES string of the molecule is CCN(CC)CCO/N=C1/C(=C2/C(=O)Nc3cc(Br)ccc32)Nc2ccc([N+](=O)[O-])cc21. The summed E-state index contributed by atoms with van der Waals surface area (Å²) in [5.74, 6) is -0.279. The number of carbonyl (C=O) groups excluding carboxylic acids is 1. The van der Waals surface area contributed by atoms with Crippen LogP contribution in [0.15, 0.2) is 51.7 Å². The molecule has 0 radical (unpaired) electrons. The molecule has 10 heteroatoms. The fraction of sp³-hybridized carbons (Fsp3) is 0.273. The Hall–Kier alpha value is -3.24. The normalized spacial score (nSPS) is 17.9. The number of rotatable bonds is 7. The maximum absolute atomic E-state index is 12.9.